The molecule has 0 amide bonds. The van der Waals surface area contributed by atoms with Gasteiger partial charge in [-0.15, -0.1) is 0 Å². The first kappa shape index (κ1) is 9.94. The molecule has 0 bridgehead atoms. The highest BCUT2D eigenvalue weighted by molar-refractivity contribution is 6.31. The Bertz CT molecular complexity index is 331. The maximum absolute atomic E-state index is 13.5. The largest absolute Gasteiger partial charge is 0.328 e. The van der Waals surface area contributed by atoms with Crippen LogP contribution in [0.4, 0.5) is 4.39 Å². The van der Waals surface area contributed by atoms with Gasteiger partial charge in [0, 0.05) is 16.6 Å². The summed E-state index contributed by atoms with van der Waals surface area (Å²) in [5.41, 5.74) is 6.41. The molecule has 0 aromatic heterocycles. The molecule has 2 N–H and O–H groups in total. The van der Waals surface area contributed by atoms with Crippen molar-refractivity contribution in [2.24, 2.45) is 11.7 Å². The van der Waals surface area contributed by atoms with Crippen LogP contribution in [0.1, 0.15) is 24.8 Å². The zero-order valence-corrected chi connectivity index (χ0v) is 8.76. The number of benzene rings is 1. The van der Waals surface area contributed by atoms with Crippen molar-refractivity contribution in [2.75, 3.05) is 0 Å². The second-order valence-corrected chi connectivity index (χ2v) is 4.41. The Balaban J connectivity index is 2.26. The van der Waals surface area contributed by atoms with Gasteiger partial charge in [-0.2, -0.15) is 0 Å². The summed E-state index contributed by atoms with van der Waals surface area (Å²) in [6.45, 7) is 1.96. The van der Waals surface area contributed by atoms with Crippen LogP contribution in [0.2, 0.25) is 5.02 Å². The van der Waals surface area contributed by atoms with E-state index in [0.29, 0.717) is 16.5 Å². The van der Waals surface area contributed by atoms with Crippen LogP contribution < -0.4 is 5.73 Å². The van der Waals surface area contributed by atoms with Gasteiger partial charge >= 0.3 is 0 Å². The minimum Gasteiger partial charge on any atom is -0.328 e. The number of halogens is 2. The topological polar surface area (TPSA) is 26.0 Å². The molecule has 1 fully saturated rings. The van der Waals surface area contributed by atoms with Crippen molar-refractivity contribution in [2.45, 2.75) is 25.3 Å². The fourth-order valence-corrected chi connectivity index (χ4v) is 2.30. The molecule has 1 aliphatic carbocycles. The Morgan fingerprint density at radius 3 is 2.79 bits per heavy atom. The number of hydrogen-bond donors (Lipinski definition) is 1. The molecule has 1 nitrogen and oxygen atoms in total. The summed E-state index contributed by atoms with van der Waals surface area (Å²) in [4.78, 5) is 0. The first-order chi connectivity index (χ1) is 6.61. The van der Waals surface area contributed by atoms with E-state index in [1.165, 1.54) is 6.07 Å². The lowest BCUT2D eigenvalue weighted by atomic mass is 10.1. The summed E-state index contributed by atoms with van der Waals surface area (Å²) in [6.07, 6.45) is 0.957. The van der Waals surface area contributed by atoms with Crippen LogP contribution in [0.3, 0.4) is 0 Å². The van der Waals surface area contributed by atoms with Gasteiger partial charge in [0.15, 0.2) is 0 Å². The van der Waals surface area contributed by atoms with Gasteiger partial charge in [-0.25, -0.2) is 4.39 Å². The number of rotatable bonds is 2. The summed E-state index contributed by atoms with van der Waals surface area (Å²) < 4.78 is 13.5. The van der Waals surface area contributed by atoms with E-state index >= 15 is 0 Å². The van der Waals surface area contributed by atoms with Crippen LogP contribution in [-0.2, 0) is 0 Å². The molecule has 0 radical (unpaired) electrons. The zero-order chi connectivity index (χ0) is 10.3. The molecule has 1 saturated carbocycles. The molecule has 3 heteroatoms. The molecule has 1 aromatic rings. The van der Waals surface area contributed by atoms with Crippen LogP contribution in [0.5, 0.6) is 0 Å². The molecule has 0 heterocycles. The highest BCUT2D eigenvalue weighted by Gasteiger charge is 2.43. The normalized spacial score (nSPS) is 27.4. The smallest absolute Gasteiger partial charge is 0.128 e. The summed E-state index contributed by atoms with van der Waals surface area (Å²) in [7, 11) is 0. The maximum atomic E-state index is 13.5. The highest BCUT2D eigenvalue weighted by atomic mass is 35.5. The number of nitrogens with two attached hydrogens (primary N) is 1. The third kappa shape index (κ3) is 1.64. The Kier molecular flexibility index (Phi) is 2.50. The van der Waals surface area contributed by atoms with Crippen LogP contribution in [0.25, 0.3) is 0 Å². The van der Waals surface area contributed by atoms with Gasteiger partial charge < -0.3 is 5.73 Å². The van der Waals surface area contributed by atoms with E-state index in [1.54, 1.807) is 12.1 Å². The molecule has 1 aromatic carbocycles. The molecule has 0 saturated heterocycles. The molecule has 3 atom stereocenters. The van der Waals surface area contributed by atoms with Gasteiger partial charge in [0.1, 0.15) is 5.82 Å². The quantitative estimate of drug-likeness (QED) is 0.803. The third-order valence-electron chi connectivity index (χ3n) is 2.89. The molecule has 76 valence electrons. The van der Waals surface area contributed by atoms with Crippen molar-refractivity contribution in [1.29, 1.82) is 0 Å². The first-order valence-electron chi connectivity index (χ1n) is 4.80. The monoisotopic (exact) mass is 213 g/mol. The zero-order valence-electron chi connectivity index (χ0n) is 8.00. The standard InChI is InChI=1S/C11H13ClFN/c1-6(14)7-5-8(7)11-9(12)3-2-4-10(11)13/h2-4,6-8H,5,14H2,1H3/t6-,7+,8+/m0/s1. The van der Waals surface area contributed by atoms with Crippen LogP contribution in [0, 0.1) is 11.7 Å². The third-order valence-corrected chi connectivity index (χ3v) is 3.22. The number of hydrogen-bond acceptors (Lipinski definition) is 1. The van der Waals surface area contributed by atoms with Gasteiger partial charge in [0.25, 0.3) is 0 Å². The fraction of sp³-hybridized carbons (Fsp3) is 0.455. The molecule has 0 aliphatic heterocycles. The summed E-state index contributed by atoms with van der Waals surface area (Å²) in [5, 5.41) is 0.526. The summed E-state index contributed by atoms with van der Waals surface area (Å²) in [6, 6.07) is 4.94. The van der Waals surface area contributed by atoms with E-state index in [0.717, 1.165) is 6.42 Å². The van der Waals surface area contributed by atoms with Gasteiger partial charge in [-0.3, -0.25) is 0 Å². The van der Waals surface area contributed by atoms with E-state index in [9.17, 15) is 4.39 Å². The molecule has 0 unspecified atom stereocenters. The second-order valence-electron chi connectivity index (χ2n) is 4.00. The summed E-state index contributed by atoms with van der Waals surface area (Å²) in [5.74, 6) is 0.416. The van der Waals surface area contributed by atoms with Crippen molar-refractivity contribution in [3.8, 4) is 0 Å². The van der Waals surface area contributed by atoms with E-state index in [4.69, 9.17) is 17.3 Å². The van der Waals surface area contributed by atoms with Crippen LogP contribution in [0.15, 0.2) is 18.2 Å². The predicted octanol–water partition coefficient (Wildman–Crippen LogP) is 2.93. The molecule has 14 heavy (non-hydrogen) atoms. The highest BCUT2D eigenvalue weighted by Crippen LogP contribution is 2.51. The van der Waals surface area contributed by atoms with Crippen LogP contribution >= 0.6 is 11.6 Å². The average Bonchev–Trinajstić information content (AvgIpc) is 2.83. The van der Waals surface area contributed by atoms with E-state index in [-0.39, 0.29) is 17.8 Å². The second kappa shape index (κ2) is 3.52. The summed E-state index contributed by atoms with van der Waals surface area (Å²) >= 11 is 5.95. The van der Waals surface area contributed by atoms with Crippen molar-refractivity contribution < 1.29 is 4.39 Å². The average molecular weight is 214 g/mol. The lowest BCUT2D eigenvalue weighted by Gasteiger charge is -2.06. The fourth-order valence-electron chi connectivity index (χ4n) is 1.99. The van der Waals surface area contributed by atoms with Crippen molar-refractivity contribution >= 4 is 11.6 Å². The van der Waals surface area contributed by atoms with Gasteiger partial charge in [0.05, 0.1) is 0 Å². The Hall–Kier alpha value is -0.600. The predicted molar refractivity (Wildman–Crippen MR) is 55.9 cm³/mol. The van der Waals surface area contributed by atoms with E-state index in [1.807, 2.05) is 6.92 Å². The minimum atomic E-state index is -0.203. The van der Waals surface area contributed by atoms with Crippen LogP contribution in [-0.4, -0.2) is 6.04 Å². The molecular weight excluding hydrogens is 201 g/mol. The Labute approximate surface area is 88.1 Å². The SMILES string of the molecule is C[C@H](N)[C@H]1C[C@H]1c1c(F)cccc1Cl. The van der Waals surface area contributed by atoms with E-state index in [2.05, 4.69) is 0 Å². The lowest BCUT2D eigenvalue weighted by Crippen LogP contribution is -2.18. The maximum Gasteiger partial charge on any atom is 0.128 e. The van der Waals surface area contributed by atoms with Gasteiger partial charge in [-0.1, -0.05) is 17.7 Å². The molecule has 2 rings (SSSR count). The molecular formula is C11H13ClFN. The lowest BCUT2D eigenvalue weighted by molar-refractivity contribution is 0.589. The van der Waals surface area contributed by atoms with E-state index < -0.39 is 0 Å². The minimum absolute atomic E-state index is 0.121. The van der Waals surface area contributed by atoms with Crippen molar-refractivity contribution in [1.82, 2.24) is 0 Å². The van der Waals surface area contributed by atoms with Crippen molar-refractivity contribution in [3.05, 3.63) is 34.6 Å². The molecule has 1 aliphatic rings. The van der Waals surface area contributed by atoms with Gasteiger partial charge in [-0.05, 0) is 37.3 Å². The molecule has 0 spiro atoms. The first-order valence-corrected chi connectivity index (χ1v) is 5.18. The van der Waals surface area contributed by atoms with Crippen molar-refractivity contribution in [3.63, 3.8) is 0 Å². The Morgan fingerprint density at radius 1 is 1.57 bits per heavy atom. The van der Waals surface area contributed by atoms with Gasteiger partial charge in [0.2, 0.25) is 0 Å². The Morgan fingerprint density at radius 2 is 2.29 bits per heavy atom.